The minimum atomic E-state index is -0.414. The highest BCUT2D eigenvalue weighted by molar-refractivity contribution is 14.1. The smallest absolute Gasteiger partial charge is 0.270 e. The summed E-state index contributed by atoms with van der Waals surface area (Å²) in [4.78, 5) is 10.2. The summed E-state index contributed by atoms with van der Waals surface area (Å²) in [6.07, 6.45) is 0. The molecular weight excluding hydrogens is 345 g/mol. The summed E-state index contributed by atoms with van der Waals surface area (Å²) in [6.45, 7) is 0.453. The molecule has 0 N–H and O–H groups in total. The maximum absolute atomic E-state index is 10.6. The van der Waals surface area contributed by atoms with Gasteiger partial charge in [-0.2, -0.15) is 0 Å². The quantitative estimate of drug-likeness (QED) is 0.477. The molecule has 0 spiro atoms. The monoisotopic (exact) mass is 355 g/mol. The van der Waals surface area contributed by atoms with Crippen LogP contribution < -0.4 is 4.74 Å². The number of hydrogen-bond donors (Lipinski definition) is 0. The van der Waals surface area contributed by atoms with Crippen molar-refractivity contribution >= 4 is 28.3 Å². The van der Waals surface area contributed by atoms with Gasteiger partial charge < -0.3 is 4.74 Å². The van der Waals surface area contributed by atoms with Crippen molar-refractivity contribution in [3.63, 3.8) is 0 Å². The van der Waals surface area contributed by atoms with Crippen LogP contribution in [0.15, 0.2) is 48.5 Å². The van der Waals surface area contributed by atoms with Gasteiger partial charge in [-0.05, 0) is 34.2 Å². The molecule has 2 rings (SSSR count). The van der Waals surface area contributed by atoms with Crippen molar-refractivity contribution in [2.24, 2.45) is 0 Å². The average Bonchev–Trinajstić information content (AvgIpc) is 2.38. The Hall–Kier alpha value is -1.63. The van der Waals surface area contributed by atoms with Crippen LogP contribution >= 0.6 is 22.6 Å². The summed E-state index contributed by atoms with van der Waals surface area (Å²) in [5, 5.41) is 10.6. The molecule has 0 radical (unpaired) electrons. The largest absolute Gasteiger partial charge is 0.488 e. The number of nitrogens with zero attached hydrogens (tertiary/aromatic N) is 1. The van der Waals surface area contributed by atoms with E-state index in [0.29, 0.717) is 12.4 Å². The summed E-state index contributed by atoms with van der Waals surface area (Å²) in [7, 11) is 0. The van der Waals surface area contributed by atoms with Gasteiger partial charge in [0.2, 0.25) is 0 Å². The second-order valence-electron chi connectivity index (χ2n) is 3.65. The predicted molar refractivity (Wildman–Crippen MR) is 76.6 cm³/mol. The molecule has 0 aliphatic carbocycles. The Morgan fingerprint density at radius 2 is 1.89 bits per heavy atom. The van der Waals surface area contributed by atoms with E-state index in [1.807, 2.05) is 52.9 Å². The van der Waals surface area contributed by atoms with Crippen LogP contribution in [-0.2, 0) is 6.61 Å². The number of hydrogen-bond acceptors (Lipinski definition) is 3. The first-order valence-electron chi connectivity index (χ1n) is 5.27. The Labute approximate surface area is 118 Å². The Bertz CT molecular complexity index is 557. The van der Waals surface area contributed by atoms with Crippen molar-refractivity contribution in [1.82, 2.24) is 0 Å². The number of rotatable bonds is 4. The second-order valence-corrected chi connectivity index (χ2v) is 4.81. The maximum Gasteiger partial charge on any atom is 0.270 e. The van der Waals surface area contributed by atoms with Crippen LogP contribution in [0.25, 0.3) is 0 Å². The highest BCUT2D eigenvalue weighted by Gasteiger charge is 2.09. The Morgan fingerprint density at radius 3 is 2.50 bits per heavy atom. The molecule has 0 aliphatic rings. The molecule has 0 heterocycles. The fourth-order valence-electron chi connectivity index (χ4n) is 1.46. The normalized spacial score (nSPS) is 10.1. The van der Waals surface area contributed by atoms with Crippen molar-refractivity contribution in [1.29, 1.82) is 0 Å². The number of halogens is 1. The molecule has 0 fully saturated rings. The summed E-state index contributed by atoms with van der Waals surface area (Å²) < 4.78 is 6.36. The fourth-order valence-corrected chi connectivity index (χ4v) is 2.11. The summed E-state index contributed by atoms with van der Waals surface area (Å²) in [5.41, 5.74) is 1.14. The number of benzene rings is 2. The number of ether oxygens (including phenoxy) is 1. The molecule has 2 aromatic carbocycles. The van der Waals surface area contributed by atoms with Crippen LogP contribution in [0.4, 0.5) is 5.69 Å². The minimum Gasteiger partial charge on any atom is -0.488 e. The number of nitro groups is 1. The zero-order valence-corrected chi connectivity index (χ0v) is 11.5. The lowest BCUT2D eigenvalue weighted by molar-refractivity contribution is -0.385. The first-order valence-corrected chi connectivity index (χ1v) is 6.35. The third kappa shape index (κ3) is 3.19. The van der Waals surface area contributed by atoms with Gasteiger partial charge in [0, 0.05) is 12.1 Å². The van der Waals surface area contributed by atoms with E-state index in [1.165, 1.54) is 12.1 Å². The SMILES string of the molecule is O=[N+]([O-])c1ccc(OCc2ccccc2)c(I)c1. The van der Waals surface area contributed by atoms with E-state index >= 15 is 0 Å². The first kappa shape index (κ1) is 12.8. The van der Waals surface area contributed by atoms with Crippen LogP contribution in [-0.4, -0.2) is 4.92 Å². The van der Waals surface area contributed by atoms with Crippen molar-refractivity contribution in [2.75, 3.05) is 0 Å². The van der Waals surface area contributed by atoms with Crippen molar-refractivity contribution in [3.05, 3.63) is 67.8 Å². The van der Waals surface area contributed by atoms with Crippen LogP contribution in [0.3, 0.4) is 0 Å². The van der Waals surface area contributed by atoms with Gasteiger partial charge in [-0.1, -0.05) is 30.3 Å². The lowest BCUT2D eigenvalue weighted by Crippen LogP contribution is -1.97. The van der Waals surface area contributed by atoms with Crippen molar-refractivity contribution in [2.45, 2.75) is 6.61 Å². The van der Waals surface area contributed by atoms with E-state index in [1.54, 1.807) is 6.07 Å². The van der Waals surface area contributed by atoms with E-state index in [-0.39, 0.29) is 5.69 Å². The van der Waals surface area contributed by atoms with E-state index in [2.05, 4.69) is 0 Å². The van der Waals surface area contributed by atoms with Gasteiger partial charge >= 0.3 is 0 Å². The molecule has 0 unspecified atom stereocenters. The topological polar surface area (TPSA) is 52.4 Å². The average molecular weight is 355 g/mol. The summed E-state index contributed by atoms with van der Waals surface area (Å²) in [5.74, 6) is 0.657. The fraction of sp³-hybridized carbons (Fsp3) is 0.0769. The third-order valence-electron chi connectivity index (χ3n) is 2.36. The van der Waals surface area contributed by atoms with Gasteiger partial charge in [-0.3, -0.25) is 10.1 Å². The van der Waals surface area contributed by atoms with Crippen molar-refractivity contribution < 1.29 is 9.66 Å². The zero-order chi connectivity index (χ0) is 13.0. The highest BCUT2D eigenvalue weighted by atomic mass is 127. The Kier molecular flexibility index (Phi) is 4.14. The van der Waals surface area contributed by atoms with E-state index in [9.17, 15) is 10.1 Å². The van der Waals surface area contributed by atoms with Crippen LogP contribution in [0.2, 0.25) is 0 Å². The Morgan fingerprint density at radius 1 is 1.17 bits per heavy atom. The first-order chi connectivity index (χ1) is 8.66. The lowest BCUT2D eigenvalue weighted by atomic mass is 10.2. The summed E-state index contributed by atoms with van der Waals surface area (Å²) >= 11 is 2.03. The van der Waals surface area contributed by atoms with E-state index < -0.39 is 4.92 Å². The highest BCUT2D eigenvalue weighted by Crippen LogP contribution is 2.26. The van der Waals surface area contributed by atoms with Gasteiger partial charge in [0.05, 0.1) is 8.49 Å². The van der Waals surface area contributed by atoms with Gasteiger partial charge in [0.1, 0.15) is 12.4 Å². The molecular formula is C13H10INO3. The molecule has 92 valence electrons. The van der Waals surface area contributed by atoms with E-state index in [0.717, 1.165) is 9.13 Å². The van der Waals surface area contributed by atoms with Gasteiger partial charge in [-0.25, -0.2) is 0 Å². The molecule has 0 bridgehead atoms. The molecule has 4 nitrogen and oxygen atoms in total. The Balaban J connectivity index is 2.08. The molecule has 0 saturated carbocycles. The second kappa shape index (κ2) is 5.81. The molecule has 18 heavy (non-hydrogen) atoms. The molecule has 2 aromatic rings. The number of nitro benzene ring substituents is 1. The van der Waals surface area contributed by atoms with Gasteiger partial charge in [0.25, 0.3) is 5.69 Å². The maximum atomic E-state index is 10.6. The number of non-ortho nitro benzene ring substituents is 1. The molecule has 0 amide bonds. The predicted octanol–water partition coefficient (Wildman–Crippen LogP) is 3.78. The zero-order valence-electron chi connectivity index (χ0n) is 9.38. The molecule has 0 atom stereocenters. The van der Waals surface area contributed by atoms with Gasteiger partial charge in [0.15, 0.2) is 0 Å². The molecule has 0 aliphatic heterocycles. The molecule has 0 saturated heterocycles. The minimum absolute atomic E-state index is 0.0754. The van der Waals surface area contributed by atoms with Crippen LogP contribution in [0.1, 0.15) is 5.56 Å². The molecule has 0 aromatic heterocycles. The lowest BCUT2D eigenvalue weighted by Gasteiger charge is -2.07. The van der Waals surface area contributed by atoms with Gasteiger partial charge in [-0.15, -0.1) is 0 Å². The standard InChI is InChI=1S/C13H10INO3/c14-12-8-11(15(16)17)6-7-13(12)18-9-10-4-2-1-3-5-10/h1-8H,9H2. The molecule has 5 heteroatoms. The van der Waals surface area contributed by atoms with Crippen molar-refractivity contribution in [3.8, 4) is 5.75 Å². The summed E-state index contributed by atoms with van der Waals surface area (Å²) in [6, 6.07) is 14.3. The third-order valence-corrected chi connectivity index (χ3v) is 3.21. The van der Waals surface area contributed by atoms with E-state index in [4.69, 9.17) is 4.74 Å². The van der Waals surface area contributed by atoms with Crippen LogP contribution in [0, 0.1) is 13.7 Å². The van der Waals surface area contributed by atoms with Crippen LogP contribution in [0.5, 0.6) is 5.75 Å².